The molecule has 0 radical (unpaired) electrons. The van der Waals surface area contributed by atoms with Crippen LogP contribution in [0.5, 0.6) is 0 Å². The fraction of sp³-hybridized carbons (Fsp3) is 0.357. The van der Waals surface area contributed by atoms with Crippen molar-refractivity contribution in [2.75, 3.05) is 12.4 Å². The van der Waals surface area contributed by atoms with Gasteiger partial charge in [0, 0.05) is 29.9 Å². The molecule has 1 amide bonds. The summed E-state index contributed by atoms with van der Waals surface area (Å²) < 4.78 is 0. The second kappa shape index (κ2) is 6.41. The Balaban J connectivity index is 2.49. The number of anilines is 1. The van der Waals surface area contributed by atoms with Gasteiger partial charge in [0.1, 0.15) is 15.9 Å². The Morgan fingerprint density at radius 3 is 2.76 bits per heavy atom. The average Bonchev–Trinajstić information content (AvgIpc) is 2.79. The van der Waals surface area contributed by atoms with E-state index in [-0.39, 0.29) is 11.9 Å². The predicted octanol–water partition coefficient (Wildman–Crippen LogP) is 3.35. The number of amides is 1. The minimum atomic E-state index is -0.185. The molecular weight excluding hydrogens is 308 g/mol. The fourth-order valence-electron chi connectivity index (χ4n) is 1.87. The van der Waals surface area contributed by atoms with Crippen molar-refractivity contribution >= 4 is 34.5 Å². The van der Waals surface area contributed by atoms with Crippen molar-refractivity contribution in [2.24, 2.45) is 0 Å². The number of hydrogen-bond acceptors (Lipinski definition) is 5. The molecule has 7 heteroatoms. The molecule has 2 N–H and O–H groups in total. The number of halogens is 1. The maximum absolute atomic E-state index is 11.8. The first-order valence-corrected chi connectivity index (χ1v) is 7.73. The monoisotopic (exact) mass is 324 g/mol. The van der Waals surface area contributed by atoms with Crippen LogP contribution in [0.15, 0.2) is 12.3 Å². The molecule has 0 bridgehead atoms. The minimum Gasteiger partial charge on any atom is -0.382 e. The molecule has 0 fully saturated rings. The Bertz CT molecular complexity index is 669. The maximum Gasteiger partial charge on any atom is 0.270 e. The quantitative estimate of drug-likeness (QED) is 0.846. The molecule has 2 aromatic heterocycles. The topological polar surface area (TPSA) is 66.9 Å². The highest BCUT2D eigenvalue weighted by Crippen LogP contribution is 2.34. The minimum absolute atomic E-state index is 0.185. The van der Waals surface area contributed by atoms with E-state index < -0.39 is 0 Å². The molecule has 112 valence electrons. The van der Waals surface area contributed by atoms with Crippen LogP contribution < -0.4 is 10.6 Å². The molecule has 21 heavy (non-hydrogen) atoms. The lowest BCUT2D eigenvalue weighted by Crippen LogP contribution is -2.19. The van der Waals surface area contributed by atoms with Crippen molar-refractivity contribution in [3.05, 3.63) is 28.0 Å². The fourth-order valence-corrected chi connectivity index (χ4v) is 2.96. The summed E-state index contributed by atoms with van der Waals surface area (Å²) in [7, 11) is 1.59. The SMILES string of the molecule is CNC(=O)c1nc(-c2cnc(Cl)cc2NC(C)C)sc1C. The number of aromatic nitrogens is 2. The zero-order valence-corrected chi connectivity index (χ0v) is 13.9. The van der Waals surface area contributed by atoms with Crippen LogP contribution in [0.2, 0.25) is 5.15 Å². The number of pyridine rings is 1. The predicted molar refractivity (Wildman–Crippen MR) is 87.2 cm³/mol. The van der Waals surface area contributed by atoms with Crippen molar-refractivity contribution in [2.45, 2.75) is 26.8 Å². The number of aryl methyl sites for hydroxylation is 1. The lowest BCUT2D eigenvalue weighted by molar-refractivity contribution is 0.0958. The second-order valence-electron chi connectivity index (χ2n) is 4.85. The zero-order chi connectivity index (χ0) is 15.6. The highest BCUT2D eigenvalue weighted by molar-refractivity contribution is 7.15. The van der Waals surface area contributed by atoms with E-state index >= 15 is 0 Å². The van der Waals surface area contributed by atoms with Crippen LogP contribution in [0.25, 0.3) is 10.6 Å². The van der Waals surface area contributed by atoms with Crippen LogP contribution in [-0.2, 0) is 0 Å². The van der Waals surface area contributed by atoms with Gasteiger partial charge >= 0.3 is 0 Å². The first-order valence-electron chi connectivity index (χ1n) is 6.54. The summed E-state index contributed by atoms with van der Waals surface area (Å²) in [5, 5.41) is 7.09. The maximum atomic E-state index is 11.8. The van der Waals surface area contributed by atoms with Crippen LogP contribution >= 0.6 is 22.9 Å². The summed E-state index contributed by atoms with van der Waals surface area (Å²) >= 11 is 7.43. The van der Waals surface area contributed by atoms with Crippen LogP contribution in [0.3, 0.4) is 0 Å². The van der Waals surface area contributed by atoms with Gasteiger partial charge < -0.3 is 10.6 Å². The van der Waals surface area contributed by atoms with Crippen molar-refractivity contribution in [3.8, 4) is 10.6 Å². The standard InChI is InChI=1S/C14H17ClN4OS/c1-7(2)18-10-5-11(15)17-6-9(10)14-19-12(8(3)21-14)13(20)16-4/h5-7H,1-4H3,(H,16,20)(H,17,18). The molecular formula is C14H17ClN4OS. The van der Waals surface area contributed by atoms with E-state index in [1.807, 2.05) is 20.8 Å². The molecule has 2 heterocycles. The largest absolute Gasteiger partial charge is 0.382 e. The average molecular weight is 325 g/mol. The van der Waals surface area contributed by atoms with Crippen LogP contribution in [0.1, 0.15) is 29.2 Å². The summed E-state index contributed by atoms with van der Waals surface area (Å²) in [4.78, 5) is 21.2. The Labute approximate surface area is 132 Å². The third kappa shape index (κ3) is 3.51. The van der Waals surface area contributed by atoms with Gasteiger partial charge in [-0.3, -0.25) is 4.79 Å². The van der Waals surface area contributed by atoms with Gasteiger partial charge in [-0.1, -0.05) is 11.6 Å². The Hall–Kier alpha value is -1.66. The summed E-state index contributed by atoms with van der Waals surface area (Å²) in [5.74, 6) is -0.185. The van der Waals surface area contributed by atoms with Gasteiger partial charge in [0.05, 0.1) is 5.56 Å². The second-order valence-corrected chi connectivity index (χ2v) is 6.45. The molecule has 0 aliphatic heterocycles. The van der Waals surface area contributed by atoms with E-state index in [2.05, 4.69) is 20.6 Å². The van der Waals surface area contributed by atoms with Crippen molar-refractivity contribution in [3.63, 3.8) is 0 Å². The first kappa shape index (κ1) is 15.7. The molecule has 0 atom stereocenters. The molecule has 0 spiro atoms. The highest BCUT2D eigenvalue weighted by Gasteiger charge is 2.18. The summed E-state index contributed by atoms with van der Waals surface area (Å²) in [6, 6.07) is 2.02. The number of rotatable bonds is 4. The summed E-state index contributed by atoms with van der Waals surface area (Å²) in [6.45, 7) is 5.97. The molecule has 0 aromatic carbocycles. The van der Waals surface area contributed by atoms with E-state index in [9.17, 15) is 4.79 Å². The highest BCUT2D eigenvalue weighted by atomic mass is 35.5. The van der Waals surface area contributed by atoms with E-state index in [1.54, 1.807) is 19.3 Å². The van der Waals surface area contributed by atoms with Gasteiger partial charge in [0.15, 0.2) is 0 Å². The van der Waals surface area contributed by atoms with Crippen LogP contribution in [0.4, 0.5) is 5.69 Å². The van der Waals surface area contributed by atoms with E-state index in [4.69, 9.17) is 11.6 Å². The summed E-state index contributed by atoms with van der Waals surface area (Å²) in [6.07, 6.45) is 1.68. The number of carbonyl (C=O) groups is 1. The van der Waals surface area contributed by atoms with Gasteiger partial charge in [-0.25, -0.2) is 9.97 Å². The first-order chi connectivity index (χ1) is 9.92. The smallest absolute Gasteiger partial charge is 0.270 e. The number of hydrogen-bond donors (Lipinski definition) is 2. The molecule has 0 aliphatic carbocycles. The molecule has 0 unspecified atom stereocenters. The third-order valence-corrected chi connectivity index (χ3v) is 3.99. The number of nitrogens with one attached hydrogen (secondary N) is 2. The third-order valence-electron chi connectivity index (χ3n) is 2.78. The lowest BCUT2D eigenvalue weighted by Gasteiger charge is -2.13. The normalized spacial score (nSPS) is 10.8. The van der Waals surface area contributed by atoms with Crippen molar-refractivity contribution < 1.29 is 4.79 Å². The van der Waals surface area contributed by atoms with E-state index in [0.29, 0.717) is 10.8 Å². The van der Waals surface area contributed by atoms with Gasteiger partial charge in [-0.2, -0.15) is 0 Å². The molecule has 0 aliphatic rings. The van der Waals surface area contributed by atoms with Gasteiger partial charge in [0.25, 0.3) is 5.91 Å². The van der Waals surface area contributed by atoms with Crippen molar-refractivity contribution in [1.82, 2.24) is 15.3 Å². The molecule has 2 rings (SSSR count). The van der Waals surface area contributed by atoms with E-state index in [0.717, 1.165) is 21.1 Å². The molecule has 2 aromatic rings. The number of nitrogens with zero attached hydrogens (tertiary/aromatic N) is 2. The number of carbonyl (C=O) groups excluding carboxylic acids is 1. The van der Waals surface area contributed by atoms with Crippen LogP contribution in [0, 0.1) is 6.92 Å². The molecule has 0 saturated carbocycles. The molecule has 0 saturated heterocycles. The van der Waals surface area contributed by atoms with Crippen molar-refractivity contribution in [1.29, 1.82) is 0 Å². The zero-order valence-electron chi connectivity index (χ0n) is 12.3. The lowest BCUT2D eigenvalue weighted by atomic mass is 10.2. The van der Waals surface area contributed by atoms with Gasteiger partial charge in [0.2, 0.25) is 0 Å². The van der Waals surface area contributed by atoms with Crippen LogP contribution in [-0.4, -0.2) is 29.0 Å². The summed E-state index contributed by atoms with van der Waals surface area (Å²) in [5.41, 5.74) is 2.15. The van der Waals surface area contributed by atoms with Gasteiger partial charge in [-0.05, 0) is 26.8 Å². The Morgan fingerprint density at radius 1 is 1.43 bits per heavy atom. The number of thiazole rings is 1. The molecule has 5 nitrogen and oxygen atoms in total. The van der Waals surface area contributed by atoms with E-state index in [1.165, 1.54) is 11.3 Å². The van der Waals surface area contributed by atoms with Gasteiger partial charge in [-0.15, -0.1) is 11.3 Å². The Kier molecular flexibility index (Phi) is 4.80. The Morgan fingerprint density at radius 2 is 2.14 bits per heavy atom.